The SMILES string of the molecule is OCc1cc(F)cc(OCC2CCCC2)c1. The third-order valence-corrected chi connectivity index (χ3v) is 3.07. The third-order valence-electron chi connectivity index (χ3n) is 3.07. The van der Waals surface area contributed by atoms with Gasteiger partial charge in [0, 0.05) is 6.07 Å². The molecule has 88 valence electrons. The maximum absolute atomic E-state index is 13.1. The molecule has 0 aromatic heterocycles. The number of benzene rings is 1. The highest BCUT2D eigenvalue weighted by Gasteiger charge is 2.15. The van der Waals surface area contributed by atoms with Crippen molar-refractivity contribution in [3.05, 3.63) is 29.6 Å². The van der Waals surface area contributed by atoms with E-state index in [0.29, 0.717) is 23.8 Å². The van der Waals surface area contributed by atoms with E-state index in [2.05, 4.69) is 0 Å². The molecule has 16 heavy (non-hydrogen) atoms. The van der Waals surface area contributed by atoms with Gasteiger partial charge in [-0.3, -0.25) is 0 Å². The zero-order chi connectivity index (χ0) is 11.4. The number of aliphatic hydroxyl groups is 1. The molecule has 1 aromatic rings. The van der Waals surface area contributed by atoms with Gasteiger partial charge in [-0.2, -0.15) is 0 Å². The van der Waals surface area contributed by atoms with Crippen molar-refractivity contribution >= 4 is 0 Å². The van der Waals surface area contributed by atoms with Gasteiger partial charge in [-0.05, 0) is 36.5 Å². The summed E-state index contributed by atoms with van der Waals surface area (Å²) < 4.78 is 18.7. The number of hydrogen-bond donors (Lipinski definition) is 1. The molecule has 0 atom stereocenters. The van der Waals surface area contributed by atoms with Crippen molar-refractivity contribution < 1.29 is 14.2 Å². The Morgan fingerprint density at radius 2 is 2.00 bits per heavy atom. The van der Waals surface area contributed by atoms with Crippen molar-refractivity contribution in [1.82, 2.24) is 0 Å². The minimum absolute atomic E-state index is 0.155. The van der Waals surface area contributed by atoms with E-state index in [4.69, 9.17) is 9.84 Å². The molecule has 2 rings (SSSR count). The van der Waals surface area contributed by atoms with Crippen molar-refractivity contribution in [2.45, 2.75) is 32.3 Å². The van der Waals surface area contributed by atoms with Gasteiger partial charge in [0.1, 0.15) is 11.6 Å². The molecule has 1 aliphatic rings. The van der Waals surface area contributed by atoms with Crippen molar-refractivity contribution in [1.29, 1.82) is 0 Å². The Morgan fingerprint density at radius 3 is 2.69 bits per heavy atom. The average molecular weight is 224 g/mol. The molecule has 0 bridgehead atoms. The molecule has 0 saturated heterocycles. The predicted octanol–water partition coefficient (Wildman–Crippen LogP) is 2.89. The van der Waals surface area contributed by atoms with Gasteiger partial charge in [-0.1, -0.05) is 12.8 Å². The van der Waals surface area contributed by atoms with E-state index in [9.17, 15) is 4.39 Å². The van der Waals surface area contributed by atoms with Gasteiger partial charge in [0.15, 0.2) is 0 Å². The lowest BCUT2D eigenvalue weighted by Crippen LogP contribution is -2.08. The van der Waals surface area contributed by atoms with Crippen LogP contribution in [0.4, 0.5) is 4.39 Å². The van der Waals surface area contributed by atoms with Crippen molar-refractivity contribution in [3.63, 3.8) is 0 Å². The van der Waals surface area contributed by atoms with Gasteiger partial charge in [0.2, 0.25) is 0 Å². The molecule has 1 N–H and O–H groups in total. The summed E-state index contributed by atoms with van der Waals surface area (Å²) in [6.07, 6.45) is 4.97. The van der Waals surface area contributed by atoms with Gasteiger partial charge in [0.25, 0.3) is 0 Å². The summed E-state index contributed by atoms with van der Waals surface area (Å²) in [6.45, 7) is 0.506. The van der Waals surface area contributed by atoms with Crippen LogP contribution in [0.25, 0.3) is 0 Å². The molecule has 3 heteroatoms. The van der Waals surface area contributed by atoms with Gasteiger partial charge >= 0.3 is 0 Å². The second kappa shape index (κ2) is 5.30. The van der Waals surface area contributed by atoms with Gasteiger partial charge in [-0.15, -0.1) is 0 Å². The van der Waals surface area contributed by atoms with E-state index in [1.807, 2.05) is 0 Å². The summed E-state index contributed by atoms with van der Waals surface area (Å²) in [5.41, 5.74) is 0.557. The maximum Gasteiger partial charge on any atom is 0.127 e. The molecule has 0 heterocycles. The first kappa shape index (κ1) is 11.4. The lowest BCUT2D eigenvalue weighted by Gasteiger charge is -2.12. The highest BCUT2D eigenvalue weighted by molar-refractivity contribution is 5.29. The fraction of sp³-hybridized carbons (Fsp3) is 0.538. The number of rotatable bonds is 4. The van der Waals surface area contributed by atoms with E-state index in [-0.39, 0.29) is 12.4 Å². The van der Waals surface area contributed by atoms with E-state index < -0.39 is 0 Å². The third kappa shape index (κ3) is 2.95. The van der Waals surface area contributed by atoms with E-state index in [1.165, 1.54) is 37.8 Å². The fourth-order valence-corrected chi connectivity index (χ4v) is 2.19. The van der Waals surface area contributed by atoms with Crippen LogP contribution < -0.4 is 4.74 Å². The Balaban J connectivity index is 1.94. The van der Waals surface area contributed by atoms with Crippen molar-refractivity contribution in [2.75, 3.05) is 6.61 Å². The minimum atomic E-state index is -0.354. The number of halogens is 1. The molecule has 0 unspecified atom stereocenters. The Hall–Kier alpha value is -1.09. The quantitative estimate of drug-likeness (QED) is 0.852. The van der Waals surface area contributed by atoms with Crippen LogP contribution >= 0.6 is 0 Å². The predicted molar refractivity (Wildman–Crippen MR) is 59.8 cm³/mol. The monoisotopic (exact) mass is 224 g/mol. The Labute approximate surface area is 95.1 Å². The first-order valence-electron chi connectivity index (χ1n) is 5.81. The van der Waals surface area contributed by atoms with Crippen LogP contribution in [0.1, 0.15) is 31.2 Å². The number of aliphatic hydroxyl groups excluding tert-OH is 1. The highest BCUT2D eigenvalue weighted by atomic mass is 19.1. The molecule has 1 aliphatic carbocycles. The summed E-state index contributed by atoms with van der Waals surface area (Å²) in [5, 5.41) is 8.94. The molecule has 1 saturated carbocycles. The highest BCUT2D eigenvalue weighted by Crippen LogP contribution is 2.26. The van der Waals surface area contributed by atoms with Gasteiger partial charge in [-0.25, -0.2) is 4.39 Å². The fourth-order valence-electron chi connectivity index (χ4n) is 2.19. The second-order valence-corrected chi connectivity index (χ2v) is 4.41. The molecular formula is C13H17FO2. The van der Waals surface area contributed by atoms with Crippen LogP contribution in [0.2, 0.25) is 0 Å². The van der Waals surface area contributed by atoms with E-state index in [0.717, 1.165) is 0 Å². The molecule has 1 aromatic carbocycles. The molecule has 0 radical (unpaired) electrons. The zero-order valence-electron chi connectivity index (χ0n) is 9.29. The molecular weight excluding hydrogens is 207 g/mol. The number of ether oxygens (including phenoxy) is 1. The zero-order valence-corrected chi connectivity index (χ0v) is 9.29. The first-order chi connectivity index (χ1) is 7.78. The average Bonchev–Trinajstić information content (AvgIpc) is 2.78. The van der Waals surface area contributed by atoms with E-state index >= 15 is 0 Å². The Bertz CT molecular complexity index is 346. The van der Waals surface area contributed by atoms with Gasteiger partial charge < -0.3 is 9.84 Å². The van der Waals surface area contributed by atoms with Crippen molar-refractivity contribution in [3.8, 4) is 5.75 Å². The molecule has 1 fully saturated rings. The van der Waals surface area contributed by atoms with Crippen molar-refractivity contribution in [2.24, 2.45) is 5.92 Å². The van der Waals surface area contributed by atoms with Crippen LogP contribution in [-0.2, 0) is 6.61 Å². The Morgan fingerprint density at radius 1 is 1.25 bits per heavy atom. The maximum atomic E-state index is 13.1. The largest absolute Gasteiger partial charge is 0.493 e. The van der Waals surface area contributed by atoms with Crippen LogP contribution in [0.3, 0.4) is 0 Å². The van der Waals surface area contributed by atoms with Crippen LogP contribution in [0.5, 0.6) is 5.75 Å². The van der Waals surface area contributed by atoms with Crippen LogP contribution in [0, 0.1) is 11.7 Å². The molecule has 2 nitrogen and oxygen atoms in total. The van der Waals surface area contributed by atoms with E-state index in [1.54, 1.807) is 6.07 Å². The summed E-state index contributed by atoms with van der Waals surface area (Å²) in [4.78, 5) is 0. The molecule has 0 amide bonds. The second-order valence-electron chi connectivity index (χ2n) is 4.41. The standard InChI is InChI=1S/C13H17FO2/c14-12-5-11(8-15)6-13(7-12)16-9-10-3-1-2-4-10/h5-7,10,15H,1-4,8-9H2. The summed E-state index contributed by atoms with van der Waals surface area (Å²) in [7, 11) is 0. The molecule has 0 spiro atoms. The van der Waals surface area contributed by atoms with Crippen LogP contribution in [0.15, 0.2) is 18.2 Å². The first-order valence-corrected chi connectivity index (χ1v) is 5.81. The summed E-state index contributed by atoms with van der Waals surface area (Å²) >= 11 is 0. The molecule has 0 aliphatic heterocycles. The lowest BCUT2D eigenvalue weighted by molar-refractivity contribution is 0.248. The minimum Gasteiger partial charge on any atom is -0.493 e. The van der Waals surface area contributed by atoms with Gasteiger partial charge in [0.05, 0.1) is 13.2 Å². The normalized spacial score (nSPS) is 16.6. The topological polar surface area (TPSA) is 29.5 Å². The number of hydrogen-bond acceptors (Lipinski definition) is 2. The summed E-state index contributed by atoms with van der Waals surface area (Å²) in [6, 6.07) is 4.38. The van der Waals surface area contributed by atoms with Crippen LogP contribution in [-0.4, -0.2) is 11.7 Å². The summed E-state index contributed by atoms with van der Waals surface area (Å²) in [5.74, 6) is 0.782. The Kier molecular flexibility index (Phi) is 3.78. The smallest absolute Gasteiger partial charge is 0.127 e. The lowest BCUT2D eigenvalue weighted by atomic mass is 10.1.